The molecule has 3 aromatic carbocycles. The second-order valence-corrected chi connectivity index (χ2v) is 9.05. The highest BCUT2D eigenvalue weighted by molar-refractivity contribution is 9.10. The van der Waals surface area contributed by atoms with Crippen LogP contribution in [0.2, 0.25) is 0 Å². The summed E-state index contributed by atoms with van der Waals surface area (Å²) in [5.41, 5.74) is 0.864. The molecule has 1 N–H and O–H groups in total. The fourth-order valence-corrected chi connectivity index (χ4v) is 4.17. The van der Waals surface area contributed by atoms with E-state index < -0.39 is 6.04 Å². The lowest BCUT2D eigenvalue weighted by molar-refractivity contribution is -0.142. The predicted molar refractivity (Wildman–Crippen MR) is 138 cm³/mol. The fraction of sp³-hybridized carbons (Fsp3) is 0.333. The van der Waals surface area contributed by atoms with Gasteiger partial charge in [-0.2, -0.15) is 0 Å². The monoisotopic (exact) mass is 526 g/mol. The topological polar surface area (TPSA) is 67.9 Å². The third kappa shape index (κ3) is 6.29. The zero-order valence-electron chi connectivity index (χ0n) is 20.0. The number of hydrogen-bond acceptors (Lipinski definition) is 4. The van der Waals surface area contributed by atoms with Crippen LogP contribution >= 0.6 is 15.9 Å². The van der Waals surface area contributed by atoms with Crippen LogP contribution in [-0.4, -0.2) is 42.5 Å². The van der Waals surface area contributed by atoms with Crippen molar-refractivity contribution in [3.63, 3.8) is 0 Å². The number of carbonyl (C=O) groups excluding carboxylic acids is 2. The van der Waals surface area contributed by atoms with E-state index in [4.69, 9.17) is 9.47 Å². The van der Waals surface area contributed by atoms with Gasteiger partial charge in [0.25, 0.3) is 5.91 Å². The standard InChI is InChI=1S/C27H31BrN2O4/c1-5-18(2)29-27(32)19(3)30(16-20-9-8-11-22(15-20)33-4)25(31)17-34-24-14-13-21-10-6-7-12-23(21)26(24)28/h6-15,18-19H,5,16-17H2,1-4H3,(H,29,32)/t18-,19-/m0/s1. The summed E-state index contributed by atoms with van der Waals surface area (Å²) in [5, 5.41) is 5.04. The minimum absolute atomic E-state index is 0.0218. The summed E-state index contributed by atoms with van der Waals surface area (Å²) in [6.07, 6.45) is 0.807. The molecule has 180 valence electrons. The maximum atomic E-state index is 13.3. The number of methoxy groups -OCH3 is 1. The Labute approximate surface area is 209 Å². The number of nitrogens with one attached hydrogen (secondary N) is 1. The molecule has 34 heavy (non-hydrogen) atoms. The van der Waals surface area contributed by atoms with Crippen molar-refractivity contribution in [2.24, 2.45) is 0 Å². The highest BCUT2D eigenvalue weighted by Crippen LogP contribution is 2.33. The summed E-state index contributed by atoms with van der Waals surface area (Å²) >= 11 is 3.60. The molecule has 0 aliphatic carbocycles. The van der Waals surface area contributed by atoms with E-state index in [-0.39, 0.29) is 31.0 Å². The van der Waals surface area contributed by atoms with E-state index in [9.17, 15) is 9.59 Å². The first-order valence-corrected chi connectivity index (χ1v) is 12.2. The minimum atomic E-state index is -0.670. The molecule has 0 unspecified atom stereocenters. The quantitative estimate of drug-likeness (QED) is 0.388. The van der Waals surface area contributed by atoms with E-state index in [0.29, 0.717) is 11.5 Å². The molecule has 0 aliphatic rings. The predicted octanol–water partition coefficient (Wildman–Crippen LogP) is 5.32. The van der Waals surface area contributed by atoms with Crippen LogP contribution in [0.5, 0.6) is 11.5 Å². The lowest BCUT2D eigenvalue weighted by Gasteiger charge is -2.29. The zero-order chi connectivity index (χ0) is 24.7. The highest BCUT2D eigenvalue weighted by Gasteiger charge is 2.27. The summed E-state index contributed by atoms with van der Waals surface area (Å²) in [4.78, 5) is 27.7. The Morgan fingerprint density at radius 2 is 1.82 bits per heavy atom. The van der Waals surface area contributed by atoms with Crippen molar-refractivity contribution >= 4 is 38.5 Å². The van der Waals surface area contributed by atoms with E-state index >= 15 is 0 Å². The van der Waals surface area contributed by atoms with Gasteiger partial charge in [-0.15, -0.1) is 0 Å². The average Bonchev–Trinajstić information content (AvgIpc) is 2.86. The van der Waals surface area contributed by atoms with Crippen LogP contribution in [0.4, 0.5) is 0 Å². The summed E-state index contributed by atoms with van der Waals surface area (Å²) in [7, 11) is 1.60. The molecular weight excluding hydrogens is 496 g/mol. The molecule has 0 radical (unpaired) electrons. The minimum Gasteiger partial charge on any atom is -0.497 e. The van der Waals surface area contributed by atoms with E-state index in [1.165, 1.54) is 0 Å². The Hall–Kier alpha value is -3.06. The summed E-state index contributed by atoms with van der Waals surface area (Å²) < 4.78 is 12.0. The van der Waals surface area contributed by atoms with Gasteiger partial charge in [0.15, 0.2) is 6.61 Å². The number of halogens is 1. The van der Waals surface area contributed by atoms with Crippen LogP contribution in [-0.2, 0) is 16.1 Å². The second-order valence-electron chi connectivity index (χ2n) is 8.25. The SMILES string of the molecule is CC[C@H](C)NC(=O)[C@H](C)N(Cc1cccc(OC)c1)C(=O)COc1ccc2ccccc2c1Br. The summed E-state index contributed by atoms with van der Waals surface area (Å²) in [6, 6.07) is 18.6. The van der Waals surface area contributed by atoms with Crippen LogP contribution < -0.4 is 14.8 Å². The molecule has 3 rings (SSSR count). The second kappa shape index (κ2) is 11.9. The van der Waals surface area contributed by atoms with Gasteiger partial charge in [-0.3, -0.25) is 9.59 Å². The van der Waals surface area contributed by atoms with E-state index in [0.717, 1.165) is 27.2 Å². The number of amides is 2. The molecule has 6 nitrogen and oxygen atoms in total. The highest BCUT2D eigenvalue weighted by atomic mass is 79.9. The molecule has 0 saturated heterocycles. The lowest BCUT2D eigenvalue weighted by atomic mass is 10.1. The Morgan fingerprint density at radius 3 is 2.56 bits per heavy atom. The van der Waals surface area contributed by atoms with Gasteiger partial charge >= 0.3 is 0 Å². The number of ether oxygens (including phenoxy) is 2. The van der Waals surface area contributed by atoms with Gasteiger partial charge in [0.2, 0.25) is 5.91 Å². The van der Waals surface area contributed by atoms with Gasteiger partial charge in [-0.1, -0.05) is 49.4 Å². The lowest BCUT2D eigenvalue weighted by Crippen LogP contribution is -2.50. The number of hydrogen-bond donors (Lipinski definition) is 1. The van der Waals surface area contributed by atoms with Gasteiger partial charge in [0, 0.05) is 12.6 Å². The van der Waals surface area contributed by atoms with Crippen molar-refractivity contribution in [3.05, 3.63) is 70.7 Å². The molecule has 0 bridgehead atoms. The van der Waals surface area contributed by atoms with Crippen molar-refractivity contribution < 1.29 is 19.1 Å². The molecule has 7 heteroatoms. The van der Waals surface area contributed by atoms with Crippen LogP contribution in [0, 0.1) is 0 Å². The average molecular weight is 527 g/mol. The van der Waals surface area contributed by atoms with Crippen molar-refractivity contribution in [2.75, 3.05) is 13.7 Å². The molecule has 0 fully saturated rings. The van der Waals surface area contributed by atoms with Gasteiger partial charge < -0.3 is 19.7 Å². The molecule has 0 aliphatic heterocycles. The molecule has 2 amide bonds. The van der Waals surface area contributed by atoms with E-state index in [1.807, 2.05) is 74.5 Å². The van der Waals surface area contributed by atoms with Crippen LogP contribution in [0.25, 0.3) is 10.8 Å². The third-order valence-electron chi connectivity index (χ3n) is 5.83. The van der Waals surface area contributed by atoms with Crippen molar-refractivity contribution in [3.8, 4) is 11.5 Å². The molecular formula is C27H31BrN2O4. The first kappa shape index (κ1) is 25.6. The number of nitrogens with zero attached hydrogens (tertiary/aromatic N) is 1. The van der Waals surface area contributed by atoms with Crippen LogP contribution in [0.15, 0.2) is 65.1 Å². The number of carbonyl (C=O) groups is 2. The number of fused-ring (bicyclic) bond motifs is 1. The molecule has 3 aromatic rings. The summed E-state index contributed by atoms with van der Waals surface area (Å²) in [6.45, 7) is 5.75. The Balaban J connectivity index is 1.80. The molecule has 0 aromatic heterocycles. The number of rotatable bonds is 10. The number of benzene rings is 3. The van der Waals surface area contributed by atoms with Gasteiger partial charge in [0.05, 0.1) is 11.6 Å². The maximum Gasteiger partial charge on any atom is 0.261 e. The van der Waals surface area contributed by atoms with Gasteiger partial charge in [0.1, 0.15) is 17.5 Å². The molecule has 0 saturated carbocycles. The largest absolute Gasteiger partial charge is 0.497 e. The van der Waals surface area contributed by atoms with Crippen molar-refractivity contribution in [2.45, 2.75) is 45.8 Å². The van der Waals surface area contributed by atoms with Crippen LogP contribution in [0.1, 0.15) is 32.8 Å². The van der Waals surface area contributed by atoms with E-state index in [2.05, 4.69) is 21.2 Å². The van der Waals surface area contributed by atoms with E-state index in [1.54, 1.807) is 18.9 Å². The smallest absolute Gasteiger partial charge is 0.261 e. The normalized spacial score (nSPS) is 12.6. The molecule has 2 atom stereocenters. The molecule has 0 heterocycles. The van der Waals surface area contributed by atoms with Gasteiger partial charge in [-0.05, 0) is 70.7 Å². The Kier molecular flexibility index (Phi) is 8.93. The fourth-order valence-electron chi connectivity index (χ4n) is 3.56. The maximum absolute atomic E-state index is 13.3. The molecule has 0 spiro atoms. The first-order valence-electron chi connectivity index (χ1n) is 11.4. The Morgan fingerprint density at radius 1 is 1.06 bits per heavy atom. The third-order valence-corrected chi connectivity index (χ3v) is 6.65. The van der Waals surface area contributed by atoms with Gasteiger partial charge in [-0.25, -0.2) is 0 Å². The first-order chi connectivity index (χ1) is 16.3. The zero-order valence-corrected chi connectivity index (χ0v) is 21.6. The van der Waals surface area contributed by atoms with Crippen molar-refractivity contribution in [1.29, 1.82) is 0 Å². The summed E-state index contributed by atoms with van der Waals surface area (Å²) in [5.74, 6) is 0.787. The van der Waals surface area contributed by atoms with Crippen molar-refractivity contribution in [1.82, 2.24) is 10.2 Å². The Bertz CT molecular complexity index is 1150. The van der Waals surface area contributed by atoms with Crippen LogP contribution in [0.3, 0.4) is 0 Å².